The molecule has 0 aliphatic heterocycles. The van der Waals surface area contributed by atoms with Crippen LogP contribution in [0.15, 0.2) is 0 Å². The molecule has 0 aromatic heterocycles. The van der Waals surface area contributed by atoms with E-state index in [0.29, 0.717) is 5.41 Å². The summed E-state index contributed by atoms with van der Waals surface area (Å²) in [7, 11) is 0. The maximum atomic E-state index is 10.0. The monoisotopic (exact) mass is 350 g/mol. The Hall–Kier alpha value is 0.190. The van der Waals surface area contributed by atoms with Gasteiger partial charge in [0.25, 0.3) is 0 Å². The lowest BCUT2D eigenvalue weighted by Crippen LogP contribution is -2.15. The highest BCUT2D eigenvalue weighted by Crippen LogP contribution is 2.31. The molecule has 5 heteroatoms. The lowest BCUT2D eigenvalue weighted by Gasteiger charge is -2.20. The number of hydrogen-bond acceptors (Lipinski definition) is 5. The van der Waals surface area contributed by atoms with Crippen molar-refractivity contribution in [1.29, 1.82) is 0 Å². The molecule has 0 amide bonds. The van der Waals surface area contributed by atoms with E-state index in [4.69, 9.17) is 5.26 Å². The summed E-state index contributed by atoms with van der Waals surface area (Å²) in [6, 6.07) is 0. The molecule has 0 fully saturated rings. The van der Waals surface area contributed by atoms with Crippen LogP contribution >= 0.6 is 12.0 Å². The first-order chi connectivity index (χ1) is 10.7. The van der Waals surface area contributed by atoms with Gasteiger partial charge in [0.2, 0.25) is 0 Å². The average molecular weight is 351 g/mol. The van der Waals surface area contributed by atoms with Crippen LogP contribution in [0.4, 0.5) is 0 Å². The molecule has 0 bridgehead atoms. The Labute approximate surface area is 147 Å². The first kappa shape index (κ1) is 23.2. The van der Waals surface area contributed by atoms with Crippen molar-refractivity contribution in [1.82, 2.24) is 0 Å². The van der Waals surface area contributed by atoms with Gasteiger partial charge in [-0.1, -0.05) is 64.3 Å². The van der Waals surface area contributed by atoms with Crippen LogP contribution < -0.4 is 0 Å². The van der Waals surface area contributed by atoms with Crippen molar-refractivity contribution in [2.45, 2.75) is 110 Å². The molecule has 1 unspecified atom stereocenters. The molecule has 0 saturated heterocycles. The van der Waals surface area contributed by atoms with E-state index in [1.165, 1.54) is 19.3 Å². The van der Waals surface area contributed by atoms with Gasteiger partial charge in [-0.05, 0) is 44.9 Å². The largest absolute Gasteiger partial charge is 0.393 e. The molecule has 0 rings (SSSR count). The predicted molar refractivity (Wildman–Crippen MR) is 98.1 cm³/mol. The summed E-state index contributed by atoms with van der Waals surface area (Å²) in [6.07, 6.45) is 10.9. The Morgan fingerprint density at radius 2 is 1.35 bits per heavy atom. The van der Waals surface area contributed by atoms with E-state index in [-0.39, 0.29) is 10.9 Å². The summed E-state index contributed by atoms with van der Waals surface area (Å²) in [5.74, 6) is 0. The fraction of sp³-hybridized carbons (Fsp3) is 1.00. The first-order valence-corrected chi connectivity index (χ1v) is 9.74. The second-order valence-electron chi connectivity index (χ2n) is 8.40. The highest BCUT2D eigenvalue weighted by Gasteiger charge is 2.20. The number of unbranched alkanes of at least 4 members (excludes halogenated alkanes) is 4. The maximum absolute atomic E-state index is 10.0. The van der Waals surface area contributed by atoms with Gasteiger partial charge in [0.05, 0.1) is 6.10 Å². The molecule has 140 valence electrons. The van der Waals surface area contributed by atoms with Gasteiger partial charge >= 0.3 is 0 Å². The summed E-state index contributed by atoms with van der Waals surface area (Å²) in [5, 5.41) is 21.8. The summed E-state index contributed by atoms with van der Waals surface area (Å²) in [5.41, 5.74) is 0.430. The fourth-order valence-electron chi connectivity index (χ4n) is 2.61. The summed E-state index contributed by atoms with van der Waals surface area (Å²) in [6.45, 7) is 11.0. The van der Waals surface area contributed by atoms with Gasteiger partial charge in [-0.25, -0.2) is 5.26 Å². The lowest BCUT2D eigenvalue weighted by molar-refractivity contribution is -0.432. The minimum atomic E-state index is -0.141. The third-order valence-corrected chi connectivity index (χ3v) is 4.85. The molecule has 0 aliphatic rings. The summed E-state index contributed by atoms with van der Waals surface area (Å²) >= 11 is 1.14. The van der Waals surface area contributed by atoms with Gasteiger partial charge < -0.3 is 5.11 Å². The predicted octanol–water partition coefficient (Wildman–Crippen LogP) is 6.14. The van der Waals surface area contributed by atoms with Crippen molar-refractivity contribution >= 4 is 12.0 Å². The van der Waals surface area contributed by atoms with Crippen LogP contribution in [-0.2, 0) is 9.37 Å². The summed E-state index contributed by atoms with van der Waals surface area (Å²) in [4.78, 5) is 0. The van der Waals surface area contributed by atoms with E-state index in [1.807, 2.05) is 0 Å². The van der Waals surface area contributed by atoms with E-state index < -0.39 is 0 Å². The highest BCUT2D eigenvalue weighted by atomic mass is 32.2. The Balaban J connectivity index is 3.48. The van der Waals surface area contributed by atoms with Crippen LogP contribution in [-0.4, -0.2) is 21.2 Å². The van der Waals surface area contributed by atoms with E-state index in [2.05, 4.69) is 44.0 Å². The van der Waals surface area contributed by atoms with Crippen LogP contribution in [0.3, 0.4) is 0 Å². The number of aliphatic hydroxyl groups excluding tert-OH is 1. The quantitative estimate of drug-likeness (QED) is 0.170. The van der Waals surface area contributed by atoms with E-state index in [9.17, 15) is 5.11 Å². The van der Waals surface area contributed by atoms with Gasteiger partial charge in [-0.15, -0.1) is 4.33 Å². The Bertz CT molecular complexity index is 277. The van der Waals surface area contributed by atoms with Crippen LogP contribution in [0, 0.1) is 5.41 Å². The smallest absolute Gasteiger partial charge is 0.0540 e. The molecule has 1 atom stereocenters. The SMILES string of the molecule is CC(C)(C)CCCCCC(O)CCCCCC(C)(C)SOOO. The fourth-order valence-corrected chi connectivity index (χ4v) is 3.06. The van der Waals surface area contributed by atoms with E-state index in [0.717, 1.165) is 57.0 Å². The lowest BCUT2D eigenvalue weighted by atomic mass is 9.89. The standard InChI is InChI=1S/C18H38O4S/c1-17(2,3)14-10-6-8-12-16(19)13-9-7-11-15-18(4,5)23-22-21-20/h16,19-20H,6-15H2,1-5H3. The minimum absolute atomic E-state index is 0.0750. The molecule has 0 spiro atoms. The normalized spacial score (nSPS) is 14.2. The minimum Gasteiger partial charge on any atom is -0.393 e. The van der Waals surface area contributed by atoms with Crippen LogP contribution in [0.1, 0.15) is 98.8 Å². The maximum Gasteiger partial charge on any atom is 0.0540 e. The third kappa shape index (κ3) is 16.8. The Kier molecular flexibility index (Phi) is 12.6. The average Bonchev–Trinajstić information content (AvgIpc) is 2.43. The Morgan fingerprint density at radius 1 is 0.826 bits per heavy atom. The zero-order valence-electron chi connectivity index (χ0n) is 15.8. The third-order valence-electron chi connectivity index (χ3n) is 4.07. The molecule has 2 N–H and O–H groups in total. The molecular formula is C18H38O4S. The molecular weight excluding hydrogens is 312 g/mol. The molecule has 0 saturated carbocycles. The number of rotatable bonds is 14. The van der Waals surface area contributed by atoms with Crippen LogP contribution in [0.25, 0.3) is 0 Å². The van der Waals surface area contributed by atoms with Crippen molar-refractivity contribution in [2.24, 2.45) is 5.41 Å². The molecule has 0 radical (unpaired) electrons. The first-order valence-electron chi connectivity index (χ1n) is 9.00. The van der Waals surface area contributed by atoms with Crippen molar-refractivity contribution in [2.75, 3.05) is 0 Å². The molecule has 4 nitrogen and oxygen atoms in total. The Morgan fingerprint density at radius 3 is 1.83 bits per heavy atom. The van der Waals surface area contributed by atoms with E-state index in [1.54, 1.807) is 0 Å². The molecule has 23 heavy (non-hydrogen) atoms. The number of aliphatic hydroxyl groups is 1. The topological polar surface area (TPSA) is 58.9 Å². The molecule has 0 aliphatic carbocycles. The van der Waals surface area contributed by atoms with Crippen molar-refractivity contribution in [3.05, 3.63) is 0 Å². The zero-order chi connectivity index (χ0) is 17.8. The second-order valence-corrected chi connectivity index (χ2v) is 9.81. The molecule has 0 aromatic carbocycles. The van der Waals surface area contributed by atoms with Gasteiger partial charge in [0.15, 0.2) is 0 Å². The van der Waals surface area contributed by atoms with Crippen molar-refractivity contribution in [3.63, 3.8) is 0 Å². The van der Waals surface area contributed by atoms with Crippen molar-refractivity contribution < 1.29 is 19.7 Å². The van der Waals surface area contributed by atoms with Crippen LogP contribution in [0.2, 0.25) is 0 Å². The zero-order valence-corrected chi connectivity index (χ0v) is 16.6. The van der Waals surface area contributed by atoms with E-state index >= 15 is 0 Å². The van der Waals surface area contributed by atoms with Crippen LogP contribution in [0.5, 0.6) is 0 Å². The molecule has 0 heterocycles. The molecule has 0 aromatic rings. The highest BCUT2D eigenvalue weighted by molar-refractivity contribution is 7.95. The number of hydrogen-bond donors (Lipinski definition) is 2. The van der Waals surface area contributed by atoms with Gasteiger partial charge in [0.1, 0.15) is 0 Å². The van der Waals surface area contributed by atoms with Gasteiger partial charge in [-0.3, -0.25) is 0 Å². The van der Waals surface area contributed by atoms with Gasteiger partial charge in [-0.2, -0.15) is 0 Å². The van der Waals surface area contributed by atoms with Gasteiger partial charge in [0, 0.05) is 16.8 Å². The second kappa shape index (κ2) is 12.5. The summed E-state index contributed by atoms with van der Waals surface area (Å²) < 4.78 is 4.44. The van der Waals surface area contributed by atoms with Crippen molar-refractivity contribution in [3.8, 4) is 0 Å².